The van der Waals surface area contributed by atoms with Crippen molar-refractivity contribution < 1.29 is 22.4 Å². The topological polar surface area (TPSA) is 101 Å². The van der Waals surface area contributed by atoms with Crippen LogP contribution in [0.4, 0.5) is 28.2 Å². The fourth-order valence-electron chi connectivity index (χ4n) is 3.85. The summed E-state index contributed by atoms with van der Waals surface area (Å²) in [7, 11) is 0. The first-order valence-electron chi connectivity index (χ1n) is 9.61. The molecule has 0 spiro atoms. The molecule has 13 heteroatoms. The molecule has 32 heavy (non-hydrogen) atoms. The lowest BCUT2D eigenvalue weighted by Gasteiger charge is -2.41. The van der Waals surface area contributed by atoms with Crippen molar-refractivity contribution in [2.24, 2.45) is 5.73 Å². The predicted molar refractivity (Wildman–Crippen MR) is 110 cm³/mol. The number of aromatic nitrogens is 4. The molecular weight excluding hydrogens is 498 g/mol. The average Bonchev–Trinajstić information content (AvgIpc) is 3.12. The minimum atomic E-state index is -4.64. The number of hydrogen-bond donors (Lipinski definition) is 2. The zero-order chi connectivity index (χ0) is 23.1. The molecule has 1 aliphatic heterocycles. The molecule has 3 aromatic rings. The first-order valence-corrected chi connectivity index (χ1v) is 10.4. The maximum atomic E-state index is 13.5. The quantitative estimate of drug-likeness (QED) is 0.517. The van der Waals surface area contributed by atoms with Crippen LogP contribution >= 0.6 is 15.9 Å². The largest absolute Gasteiger partial charge is 0.433 e. The Labute approximate surface area is 187 Å². The van der Waals surface area contributed by atoms with E-state index < -0.39 is 29.1 Å². The van der Waals surface area contributed by atoms with Gasteiger partial charge >= 0.3 is 12.2 Å². The Balaban J connectivity index is 1.69. The van der Waals surface area contributed by atoms with Crippen LogP contribution < -0.4 is 11.1 Å². The lowest BCUT2D eigenvalue weighted by molar-refractivity contribution is -0.141. The van der Waals surface area contributed by atoms with Crippen LogP contribution in [0.2, 0.25) is 0 Å². The minimum absolute atomic E-state index is 0.0201. The Morgan fingerprint density at radius 1 is 1.25 bits per heavy atom. The number of alkyl halides is 3. The van der Waals surface area contributed by atoms with Crippen LogP contribution in [0.1, 0.15) is 24.2 Å². The Hall–Kier alpha value is -2.96. The summed E-state index contributed by atoms with van der Waals surface area (Å²) < 4.78 is 55.2. The summed E-state index contributed by atoms with van der Waals surface area (Å²) in [5, 5.41) is 7.20. The van der Waals surface area contributed by atoms with E-state index in [1.54, 1.807) is 6.07 Å². The van der Waals surface area contributed by atoms with E-state index in [4.69, 9.17) is 5.73 Å². The van der Waals surface area contributed by atoms with Crippen molar-refractivity contribution in [1.29, 1.82) is 0 Å². The summed E-state index contributed by atoms with van der Waals surface area (Å²) in [6.07, 6.45) is -2.68. The maximum Gasteiger partial charge on any atom is 0.433 e. The van der Waals surface area contributed by atoms with E-state index in [0.717, 1.165) is 12.3 Å². The van der Waals surface area contributed by atoms with Crippen LogP contribution in [0, 0.1) is 5.82 Å². The first-order chi connectivity index (χ1) is 15.1. The van der Waals surface area contributed by atoms with Crippen molar-refractivity contribution in [1.82, 2.24) is 24.5 Å². The highest BCUT2D eigenvalue weighted by atomic mass is 79.9. The molecule has 8 nitrogen and oxygen atoms in total. The molecule has 0 atom stereocenters. The number of carbonyl (C=O) groups excluding carboxylic acids is 1. The van der Waals surface area contributed by atoms with Crippen LogP contribution in [0.3, 0.4) is 0 Å². The molecular formula is C19H18BrF4N7O. The molecule has 1 fully saturated rings. The highest BCUT2D eigenvalue weighted by Gasteiger charge is 2.39. The normalized spacial score (nSPS) is 16.3. The van der Waals surface area contributed by atoms with Crippen LogP contribution in [0.15, 0.2) is 35.1 Å². The Kier molecular flexibility index (Phi) is 5.69. The zero-order valence-corrected chi connectivity index (χ0v) is 18.1. The van der Waals surface area contributed by atoms with Crippen molar-refractivity contribution in [2.45, 2.75) is 24.4 Å². The molecule has 4 heterocycles. The number of carbonyl (C=O) groups is 1. The summed E-state index contributed by atoms with van der Waals surface area (Å²) in [4.78, 5) is 20.9. The number of urea groups is 1. The van der Waals surface area contributed by atoms with Crippen molar-refractivity contribution in [3.8, 4) is 0 Å². The summed E-state index contributed by atoms with van der Waals surface area (Å²) in [5.41, 5.74) is 4.24. The number of anilines is 1. The average molecular weight is 516 g/mol. The van der Waals surface area contributed by atoms with Gasteiger partial charge in [0.15, 0.2) is 11.3 Å². The van der Waals surface area contributed by atoms with Crippen molar-refractivity contribution in [3.05, 3.63) is 52.3 Å². The highest BCUT2D eigenvalue weighted by molar-refractivity contribution is 9.10. The summed E-state index contributed by atoms with van der Waals surface area (Å²) >= 11 is 3.16. The highest BCUT2D eigenvalue weighted by Crippen LogP contribution is 2.36. The number of hydrogen-bond acceptors (Lipinski definition) is 5. The number of nitrogens with one attached hydrogen (secondary N) is 1. The van der Waals surface area contributed by atoms with E-state index in [2.05, 4.69) is 36.3 Å². The lowest BCUT2D eigenvalue weighted by atomic mass is 9.75. The van der Waals surface area contributed by atoms with Gasteiger partial charge in [0.2, 0.25) is 0 Å². The number of amides is 2. The van der Waals surface area contributed by atoms with Gasteiger partial charge in [-0.2, -0.15) is 22.8 Å². The molecule has 0 aliphatic carbocycles. The van der Waals surface area contributed by atoms with E-state index in [1.165, 1.54) is 21.5 Å². The molecule has 2 amide bonds. The van der Waals surface area contributed by atoms with Gasteiger partial charge in [0.1, 0.15) is 16.2 Å². The van der Waals surface area contributed by atoms with Gasteiger partial charge in [-0.25, -0.2) is 14.2 Å². The van der Waals surface area contributed by atoms with E-state index in [0.29, 0.717) is 36.2 Å². The van der Waals surface area contributed by atoms with Gasteiger partial charge in [-0.3, -0.25) is 4.98 Å². The number of nitrogens with zero attached hydrogens (tertiary/aromatic N) is 5. The number of halogens is 5. The van der Waals surface area contributed by atoms with Gasteiger partial charge in [-0.05, 0) is 40.9 Å². The molecule has 0 saturated carbocycles. The summed E-state index contributed by atoms with van der Waals surface area (Å²) in [6, 6.07) is 4.54. The van der Waals surface area contributed by atoms with E-state index in [1.807, 2.05) is 0 Å². The van der Waals surface area contributed by atoms with Crippen molar-refractivity contribution in [3.63, 3.8) is 0 Å². The minimum Gasteiger partial charge on any atom is -0.369 e. The number of fused-ring (bicyclic) bond motifs is 1. The number of piperidine rings is 1. The molecule has 0 unspecified atom stereocenters. The number of rotatable bonds is 4. The first kappa shape index (κ1) is 22.2. The predicted octanol–water partition coefficient (Wildman–Crippen LogP) is 3.57. The molecule has 3 aromatic heterocycles. The SMILES string of the molecule is NC(=O)N1CCC(CNc2cc(C(F)(F)F)nc3cc(Br)nn23)(c2ccc(F)cn2)CC1. The molecule has 0 bridgehead atoms. The van der Waals surface area contributed by atoms with Crippen molar-refractivity contribution >= 4 is 33.4 Å². The zero-order valence-electron chi connectivity index (χ0n) is 16.5. The van der Waals surface area contributed by atoms with E-state index in [-0.39, 0.29) is 18.0 Å². The summed E-state index contributed by atoms with van der Waals surface area (Å²) in [6.45, 7) is 0.845. The van der Waals surface area contributed by atoms with Gasteiger partial charge in [0.25, 0.3) is 0 Å². The maximum absolute atomic E-state index is 13.5. The second-order valence-electron chi connectivity index (χ2n) is 7.58. The summed E-state index contributed by atoms with van der Waals surface area (Å²) in [5.74, 6) is -0.412. The Morgan fingerprint density at radius 3 is 2.56 bits per heavy atom. The fraction of sp³-hybridized carbons (Fsp3) is 0.368. The third-order valence-electron chi connectivity index (χ3n) is 5.60. The monoisotopic (exact) mass is 515 g/mol. The number of primary amides is 1. The van der Waals surface area contributed by atoms with E-state index in [9.17, 15) is 22.4 Å². The van der Waals surface area contributed by atoms with Gasteiger partial charge in [-0.1, -0.05) is 0 Å². The third kappa shape index (κ3) is 4.33. The Morgan fingerprint density at radius 2 is 1.97 bits per heavy atom. The third-order valence-corrected chi connectivity index (χ3v) is 5.99. The molecule has 3 N–H and O–H groups in total. The van der Waals surface area contributed by atoms with E-state index >= 15 is 0 Å². The van der Waals surface area contributed by atoms with Crippen LogP contribution in [0.5, 0.6) is 0 Å². The number of pyridine rings is 1. The lowest BCUT2D eigenvalue weighted by Crippen LogP contribution is -2.50. The molecule has 4 rings (SSSR count). The van der Waals surface area contributed by atoms with Crippen LogP contribution in [-0.2, 0) is 11.6 Å². The fourth-order valence-corrected chi connectivity index (χ4v) is 4.21. The molecule has 1 aliphatic rings. The standard InChI is InChI=1S/C19H18BrF4N7O/c20-14-8-16-28-13(19(22,23)24)7-15(31(16)29-14)27-10-18(12-2-1-11(21)9-26-12)3-5-30(6-4-18)17(25)32/h1-2,7-9,27H,3-6,10H2,(H2,25,32). The van der Waals surface area contributed by atoms with Gasteiger partial charge in [0.05, 0.1) is 6.20 Å². The van der Waals surface area contributed by atoms with Gasteiger partial charge in [-0.15, -0.1) is 0 Å². The van der Waals surface area contributed by atoms with Gasteiger partial charge < -0.3 is 16.0 Å². The molecule has 0 radical (unpaired) electrons. The van der Waals surface area contributed by atoms with Crippen LogP contribution in [-0.4, -0.2) is 50.1 Å². The van der Waals surface area contributed by atoms with Gasteiger partial charge in [0, 0.05) is 42.9 Å². The molecule has 1 saturated heterocycles. The number of nitrogens with two attached hydrogens (primary N) is 1. The molecule has 170 valence electrons. The van der Waals surface area contributed by atoms with Crippen LogP contribution in [0.25, 0.3) is 5.65 Å². The van der Waals surface area contributed by atoms with Crippen molar-refractivity contribution in [2.75, 3.05) is 25.0 Å². The smallest absolute Gasteiger partial charge is 0.369 e. The second-order valence-corrected chi connectivity index (χ2v) is 8.39. The molecule has 0 aromatic carbocycles. The Bertz CT molecular complexity index is 1140. The number of likely N-dealkylation sites (tertiary alicyclic amines) is 1. The second kappa shape index (κ2) is 8.19.